The van der Waals surface area contributed by atoms with Crippen LogP contribution in [0.3, 0.4) is 0 Å². The molecule has 4 rings (SSSR count). The number of pyridine rings is 1. The second kappa shape index (κ2) is 9.26. The minimum Gasteiger partial charge on any atom is -0.486 e. The Morgan fingerprint density at radius 3 is 2.61 bits per heavy atom. The maximum atomic E-state index is 14.7. The van der Waals surface area contributed by atoms with Crippen molar-refractivity contribution >= 4 is 50.2 Å². The summed E-state index contributed by atoms with van der Waals surface area (Å²) in [6, 6.07) is 7.22. The highest BCUT2D eigenvalue weighted by Gasteiger charge is 2.21. The molecular formula is C21H20ClFN4O4S2. The van der Waals surface area contributed by atoms with Crippen molar-refractivity contribution in [1.29, 1.82) is 0 Å². The van der Waals surface area contributed by atoms with Gasteiger partial charge < -0.3 is 15.4 Å². The van der Waals surface area contributed by atoms with E-state index in [1.54, 1.807) is 13.0 Å². The number of hydrogen-bond donors (Lipinski definition) is 3. The lowest BCUT2D eigenvalue weighted by molar-refractivity contribution is 0.103. The lowest BCUT2D eigenvalue weighted by Crippen LogP contribution is -2.50. The first-order valence-corrected chi connectivity index (χ1v) is 12.9. The number of carbonyl (C=O) groups is 1. The van der Waals surface area contributed by atoms with Crippen molar-refractivity contribution in [3.05, 3.63) is 57.1 Å². The molecule has 1 aromatic carbocycles. The van der Waals surface area contributed by atoms with E-state index in [9.17, 15) is 17.6 Å². The number of ether oxygens (including phenoxy) is 1. The van der Waals surface area contributed by atoms with E-state index in [0.29, 0.717) is 39.8 Å². The first kappa shape index (κ1) is 23.4. The van der Waals surface area contributed by atoms with Crippen molar-refractivity contribution < 1.29 is 22.3 Å². The number of amides is 1. The van der Waals surface area contributed by atoms with Gasteiger partial charge in [0.2, 0.25) is 10.0 Å². The highest BCUT2D eigenvalue weighted by Crippen LogP contribution is 2.33. The van der Waals surface area contributed by atoms with Crippen LogP contribution in [0.25, 0.3) is 11.3 Å². The Kier molecular flexibility index (Phi) is 6.57. The Labute approximate surface area is 199 Å². The zero-order chi connectivity index (χ0) is 23.8. The number of nitrogens with one attached hydrogen (secondary N) is 3. The molecule has 8 nitrogen and oxygen atoms in total. The third-order valence-electron chi connectivity index (χ3n) is 4.72. The van der Waals surface area contributed by atoms with Crippen molar-refractivity contribution in [3.8, 4) is 17.0 Å². The summed E-state index contributed by atoms with van der Waals surface area (Å²) in [5.74, 6) is -0.633. The monoisotopic (exact) mass is 510 g/mol. The van der Waals surface area contributed by atoms with Crippen molar-refractivity contribution in [2.45, 2.75) is 13.0 Å². The maximum absolute atomic E-state index is 14.7. The fourth-order valence-corrected chi connectivity index (χ4v) is 4.87. The molecule has 0 unspecified atom stereocenters. The van der Waals surface area contributed by atoms with Crippen LogP contribution in [0.1, 0.15) is 14.5 Å². The standard InChI is InChI=1S/C21H20ClFN4O4S2/c1-11-17(20-18(23)6-15(10-25-20)31-16-8-24-9-16)7-19(32-11)21(28)26-13-3-12(22)4-14(5-13)27-33(2,29)30/h3-7,10,16,24,27H,8-9H2,1-2H3,(H,26,28). The number of halogens is 2. The Hall–Kier alpha value is -2.73. The average Bonchev–Trinajstić information content (AvgIpc) is 3.04. The Bertz CT molecular complexity index is 1330. The molecular weight excluding hydrogens is 491 g/mol. The lowest BCUT2D eigenvalue weighted by atomic mass is 10.1. The van der Waals surface area contributed by atoms with E-state index in [2.05, 4.69) is 20.3 Å². The fourth-order valence-electron chi connectivity index (χ4n) is 3.18. The molecule has 0 aliphatic carbocycles. The van der Waals surface area contributed by atoms with Crippen LogP contribution < -0.4 is 20.1 Å². The summed E-state index contributed by atoms with van der Waals surface area (Å²) in [5.41, 5.74) is 1.16. The molecule has 0 atom stereocenters. The molecule has 0 radical (unpaired) electrons. The van der Waals surface area contributed by atoms with Crippen LogP contribution in [0.2, 0.25) is 5.02 Å². The number of sulfonamides is 1. The molecule has 1 saturated heterocycles. The van der Waals surface area contributed by atoms with E-state index in [0.717, 1.165) is 6.26 Å². The van der Waals surface area contributed by atoms with Gasteiger partial charge in [0.05, 0.1) is 23.0 Å². The summed E-state index contributed by atoms with van der Waals surface area (Å²) in [6.45, 7) is 3.20. The van der Waals surface area contributed by atoms with Gasteiger partial charge in [-0.1, -0.05) is 11.6 Å². The first-order chi connectivity index (χ1) is 15.6. The fraction of sp³-hybridized carbons (Fsp3) is 0.238. The zero-order valence-corrected chi connectivity index (χ0v) is 20.0. The van der Waals surface area contributed by atoms with Crippen molar-refractivity contribution in [1.82, 2.24) is 10.3 Å². The minimum atomic E-state index is -3.51. The third kappa shape index (κ3) is 5.80. The molecule has 174 valence electrons. The summed E-state index contributed by atoms with van der Waals surface area (Å²) in [7, 11) is -3.51. The highest BCUT2D eigenvalue weighted by atomic mass is 35.5. The number of nitrogens with zero attached hydrogens (tertiary/aromatic N) is 1. The Morgan fingerprint density at radius 2 is 1.97 bits per heavy atom. The smallest absolute Gasteiger partial charge is 0.265 e. The second-order valence-electron chi connectivity index (χ2n) is 7.54. The van der Waals surface area contributed by atoms with E-state index in [-0.39, 0.29) is 22.5 Å². The van der Waals surface area contributed by atoms with Crippen LogP contribution >= 0.6 is 22.9 Å². The first-order valence-electron chi connectivity index (χ1n) is 9.81. The quantitative estimate of drug-likeness (QED) is 0.445. The molecule has 33 heavy (non-hydrogen) atoms. The SMILES string of the molecule is Cc1sc(C(=O)Nc2cc(Cl)cc(NS(C)(=O)=O)c2)cc1-c1ncc(OC2CNC2)cc1F. The van der Waals surface area contributed by atoms with Crippen LogP contribution in [-0.2, 0) is 10.0 Å². The van der Waals surface area contributed by atoms with E-state index in [1.807, 2.05) is 0 Å². The number of aromatic nitrogens is 1. The number of anilines is 2. The van der Waals surface area contributed by atoms with Crippen LogP contribution in [0.15, 0.2) is 36.5 Å². The molecule has 0 bridgehead atoms. The van der Waals surface area contributed by atoms with Gasteiger partial charge in [-0.25, -0.2) is 17.8 Å². The van der Waals surface area contributed by atoms with Gasteiger partial charge in [0.15, 0.2) is 5.82 Å². The molecule has 2 aromatic heterocycles. The Balaban J connectivity index is 1.53. The van der Waals surface area contributed by atoms with Gasteiger partial charge in [0.1, 0.15) is 17.5 Å². The zero-order valence-electron chi connectivity index (χ0n) is 17.6. The van der Waals surface area contributed by atoms with Gasteiger partial charge in [-0.2, -0.15) is 0 Å². The summed E-state index contributed by atoms with van der Waals surface area (Å²) in [5, 5.41) is 6.01. The van der Waals surface area contributed by atoms with Gasteiger partial charge in [-0.05, 0) is 31.2 Å². The lowest BCUT2D eigenvalue weighted by Gasteiger charge is -2.27. The Morgan fingerprint density at radius 1 is 1.24 bits per heavy atom. The molecule has 3 heterocycles. The van der Waals surface area contributed by atoms with Crippen LogP contribution in [-0.4, -0.2) is 44.8 Å². The number of hydrogen-bond acceptors (Lipinski definition) is 7. The molecule has 1 aliphatic rings. The number of rotatable bonds is 7. The highest BCUT2D eigenvalue weighted by molar-refractivity contribution is 7.92. The van der Waals surface area contributed by atoms with Crippen molar-refractivity contribution in [2.24, 2.45) is 0 Å². The van der Waals surface area contributed by atoms with Crippen LogP contribution in [0.5, 0.6) is 5.75 Å². The van der Waals surface area contributed by atoms with E-state index >= 15 is 0 Å². The van der Waals surface area contributed by atoms with Gasteiger partial charge in [0.25, 0.3) is 5.91 Å². The van der Waals surface area contributed by atoms with Gasteiger partial charge >= 0.3 is 0 Å². The molecule has 0 spiro atoms. The number of aryl methyl sites for hydroxylation is 1. The van der Waals surface area contributed by atoms with Gasteiger partial charge in [0, 0.05) is 40.3 Å². The number of benzene rings is 1. The predicted molar refractivity (Wildman–Crippen MR) is 127 cm³/mol. The average molecular weight is 511 g/mol. The largest absolute Gasteiger partial charge is 0.486 e. The van der Waals surface area contributed by atoms with Gasteiger partial charge in [-0.3, -0.25) is 9.52 Å². The summed E-state index contributed by atoms with van der Waals surface area (Å²) < 4.78 is 45.6. The van der Waals surface area contributed by atoms with E-state index < -0.39 is 21.7 Å². The van der Waals surface area contributed by atoms with E-state index in [1.165, 1.54) is 41.8 Å². The maximum Gasteiger partial charge on any atom is 0.265 e. The molecule has 1 amide bonds. The number of carbonyl (C=O) groups excluding carboxylic acids is 1. The molecule has 3 aromatic rings. The third-order valence-corrected chi connectivity index (χ3v) is 6.59. The molecule has 3 N–H and O–H groups in total. The second-order valence-corrected chi connectivity index (χ2v) is 11.0. The molecule has 0 saturated carbocycles. The van der Waals surface area contributed by atoms with Gasteiger partial charge in [-0.15, -0.1) is 11.3 Å². The summed E-state index contributed by atoms with van der Waals surface area (Å²) in [4.78, 5) is 18.1. The van der Waals surface area contributed by atoms with Crippen LogP contribution in [0.4, 0.5) is 15.8 Å². The predicted octanol–water partition coefficient (Wildman–Crippen LogP) is 3.89. The summed E-state index contributed by atoms with van der Waals surface area (Å²) in [6.07, 6.45) is 2.49. The van der Waals surface area contributed by atoms with E-state index in [4.69, 9.17) is 16.3 Å². The molecule has 12 heteroatoms. The normalized spacial score (nSPS) is 13.9. The van der Waals surface area contributed by atoms with Crippen LogP contribution in [0, 0.1) is 12.7 Å². The van der Waals surface area contributed by atoms with Crippen molar-refractivity contribution in [2.75, 3.05) is 29.4 Å². The van der Waals surface area contributed by atoms with Crippen molar-refractivity contribution in [3.63, 3.8) is 0 Å². The summed E-state index contributed by atoms with van der Waals surface area (Å²) >= 11 is 7.23. The molecule has 1 fully saturated rings. The minimum absolute atomic E-state index is 0.00914. The molecule has 1 aliphatic heterocycles. The number of thiophene rings is 1. The topological polar surface area (TPSA) is 109 Å².